The fourth-order valence-electron chi connectivity index (χ4n) is 4.13. The van der Waals surface area contributed by atoms with E-state index in [1.807, 2.05) is 0 Å². The van der Waals surface area contributed by atoms with E-state index in [4.69, 9.17) is 21.4 Å². The van der Waals surface area contributed by atoms with Crippen molar-refractivity contribution in [3.63, 3.8) is 0 Å². The van der Waals surface area contributed by atoms with Gasteiger partial charge in [0.2, 0.25) is 10.0 Å². The Bertz CT molecular complexity index is 1410. The number of benzene rings is 2. The van der Waals surface area contributed by atoms with E-state index >= 15 is 0 Å². The number of carboxylic acid groups (broad SMARTS) is 1. The summed E-state index contributed by atoms with van der Waals surface area (Å²) in [4.78, 5) is 11.0. The zero-order valence-electron chi connectivity index (χ0n) is 19.3. The Morgan fingerprint density at radius 3 is 2.51 bits per heavy atom. The molecule has 0 saturated carbocycles. The van der Waals surface area contributed by atoms with Crippen molar-refractivity contribution in [1.82, 2.24) is 14.1 Å². The van der Waals surface area contributed by atoms with Crippen LogP contribution in [0.2, 0.25) is 5.02 Å². The Morgan fingerprint density at radius 1 is 1.22 bits per heavy atom. The highest BCUT2D eigenvalue weighted by Crippen LogP contribution is 2.38. The number of hydrogen-bond acceptors (Lipinski definition) is 6. The monoisotopic (exact) mass is 559 g/mol. The molecule has 3 aromatic rings. The minimum Gasteiger partial charge on any atom is -0.480 e. The molecule has 1 aliphatic carbocycles. The molecule has 1 N–H and O–H groups in total. The third kappa shape index (κ3) is 6.00. The van der Waals surface area contributed by atoms with E-state index in [1.165, 1.54) is 52.6 Å². The second-order valence-corrected chi connectivity index (χ2v) is 10.6. The topological polar surface area (TPSA) is 111 Å². The van der Waals surface area contributed by atoms with Gasteiger partial charge in [0.15, 0.2) is 0 Å². The standard InChI is InChI=1S/C23H21ClF3N3O6S/c1-29(19-3-2-4-20-17(19)12-28-30(20)13-22(31)32)37(33,34)16-9-10-21(18(24)11-16)35-14-5-7-15(8-6-14)36-23(25,26)27/h5-12,19H,2-4,13H2,1H3,(H,31,32)/t19-/m1/s1. The van der Waals surface area contributed by atoms with Crippen molar-refractivity contribution in [3.05, 3.63) is 64.9 Å². The Kier molecular flexibility index (Phi) is 7.40. The first-order valence-electron chi connectivity index (χ1n) is 10.9. The van der Waals surface area contributed by atoms with Crippen LogP contribution >= 0.6 is 11.6 Å². The second kappa shape index (κ2) is 10.2. The fraction of sp³-hybridized carbons (Fsp3) is 0.304. The minimum atomic E-state index is -4.82. The Morgan fingerprint density at radius 2 is 1.89 bits per heavy atom. The number of fused-ring (bicyclic) bond motifs is 1. The average molecular weight is 560 g/mol. The highest BCUT2D eigenvalue weighted by Gasteiger charge is 2.35. The van der Waals surface area contributed by atoms with E-state index in [0.717, 1.165) is 12.1 Å². The lowest BCUT2D eigenvalue weighted by atomic mass is 9.93. The summed E-state index contributed by atoms with van der Waals surface area (Å²) in [5.74, 6) is -1.20. The van der Waals surface area contributed by atoms with Gasteiger partial charge in [-0.3, -0.25) is 9.48 Å². The third-order valence-corrected chi connectivity index (χ3v) is 7.98. The summed E-state index contributed by atoms with van der Waals surface area (Å²) < 4.78 is 75.7. The van der Waals surface area contributed by atoms with Gasteiger partial charge in [-0.2, -0.15) is 9.40 Å². The van der Waals surface area contributed by atoms with Crippen LogP contribution in [0.5, 0.6) is 17.2 Å². The second-order valence-electron chi connectivity index (χ2n) is 8.24. The van der Waals surface area contributed by atoms with Gasteiger partial charge in [0.25, 0.3) is 0 Å². The first kappa shape index (κ1) is 26.8. The molecule has 0 saturated heterocycles. The number of aromatic nitrogens is 2. The first-order chi connectivity index (χ1) is 17.3. The number of carboxylic acids is 1. The van der Waals surface area contributed by atoms with Crippen LogP contribution in [0.3, 0.4) is 0 Å². The van der Waals surface area contributed by atoms with Gasteiger partial charge in [-0.25, -0.2) is 8.42 Å². The van der Waals surface area contributed by atoms with E-state index in [-0.39, 0.29) is 28.0 Å². The van der Waals surface area contributed by atoms with Crippen molar-refractivity contribution >= 4 is 27.6 Å². The summed E-state index contributed by atoms with van der Waals surface area (Å²) in [6.07, 6.45) is -1.54. The normalized spacial score (nSPS) is 15.9. The predicted octanol–water partition coefficient (Wildman–Crippen LogP) is 5.01. The number of carbonyl (C=O) groups is 1. The molecule has 37 heavy (non-hydrogen) atoms. The highest BCUT2D eigenvalue weighted by atomic mass is 35.5. The maximum atomic E-state index is 13.4. The number of rotatable bonds is 8. The molecule has 1 heterocycles. The molecule has 1 atom stereocenters. The van der Waals surface area contributed by atoms with Gasteiger partial charge in [-0.05, 0) is 61.7 Å². The van der Waals surface area contributed by atoms with Gasteiger partial charge in [-0.1, -0.05) is 11.6 Å². The van der Waals surface area contributed by atoms with Gasteiger partial charge in [0, 0.05) is 18.3 Å². The van der Waals surface area contributed by atoms with Gasteiger partial charge in [-0.15, -0.1) is 13.2 Å². The van der Waals surface area contributed by atoms with E-state index in [9.17, 15) is 26.4 Å². The molecule has 0 spiro atoms. The Labute approximate surface area is 215 Å². The number of alkyl halides is 3. The maximum Gasteiger partial charge on any atom is 0.573 e. The molecule has 4 rings (SSSR count). The van der Waals surface area contributed by atoms with Crippen LogP contribution in [0.1, 0.15) is 30.1 Å². The Balaban J connectivity index is 1.52. The summed E-state index contributed by atoms with van der Waals surface area (Å²) in [7, 11) is -2.58. The molecule has 0 fully saturated rings. The average Bonchev–Trinajstić information content (AvgIpc) is 3.22. The van der Waals surface area contributed by atoms with Crippen molar-refractivity contribution in [3.8, 4) is 17.2 Å². The van der Waals surface area contributed by atoms with Crippen molar-refractivity contribution in [2.24, 2.45) is 0 Å². The predicted molar refractivity (Wildman–Crippen MR) is 125 cm³/mol. The van der Waals surface area contributed by atoms with Crippen molar-refractivity contribution in [2.75, 3.05) is 7.05 Å². The molecular formula is C23H21ClF3N3O6S. The number of ether oxygens (including phenoxy) is 2. The lowest BCUT2D eigenvalue weighted by Gasteiger charge is -2.31. The van der Waals surface area contributed by atoms with Gasteiger partial charge in [0.1, 0.15) is 23.8 Å². The summed E-state index contributed by atoms with van der Waals surface area (Å²) in [6.45, 7) is -0.312. The van der Waals surface area contributed by atoms with E-state index in [0.29, 0.717) is 30.5 Å². The molecule has 0 bridgehead atoms. The molecule has 1 aliphatic rings. The van der Waals surface area contributed by atoms with Gasteiger partial charge in [0.05, 0.1) is 22.2 Å². The van der Waals surface area contributed by atoms with Crippen molar-refractivity contribution in [2.45, 2.75) is 43.1 Å². The van der Waals surface area contributed by atoms with Gasteiger partial charge < -0.3 is 14.6 Å². The van der Waals surface area contributed by atoms with E-state index in [2.05, 4.69) is 9.84 Å². The quantitative estimate of drug-likeness (QED) is 0.413. The largest absolute Gasteiger partial charge is 0.573 e. The molecule has 0 aliphatic heterocycles. The van der Waals surface area contributed by atoms with Crippen molar-refractivity contribution in [1.29, 1.82) is 0 Å². The SMILES string of the molecule is CN([C@@H]1CCCc2c1cnn2CC(=O)O)S(=O)(=O)c1ccc(Oc2ccc(OC(F)(F)F)cc2)c(Cl)c1. The van der Waals surface area contributed by atoms with Crippen LogP contribution in [0.25, 0.3) is 0 Å². The molecule has 0 amide bonds. The summed E-state index contributed by atoms with van der Waals surface area (Å²) in [6, 6.07) is 7.99. The molecule has 198 valence electrons. The van der Waals surface area contributed by atoms with Crippen LogP contribution in [-0.2, 0) is 27.8 Å². The van der Waals surface area contributed by atoms with Crippen LogP contribution < -0.4 is 9.47 Å². The highest BCUT2D eigenvalue weighted by molar-refractivity contribution is 7.89. The molecule has 2 aromatic carbocycles. The van der Waals surface area contributed by atoms with Gasteiger partial charge >= 0.3 is 12.3 Å². The minimum absolute atomic E-state index is 0.0243. The van der Waals surface area contributed by atoms with Crippen molar-refractivity contribution < 1.29 is 41.0 Å². The zero-order valence-corrected chi connectivity index (χ0v) is 20.8. The number of hydrogen-bond donors (Lipinski definition) is 1. The number of nitrogens with zero attached hydrogens (tertiary/aromatic N) is 3. The first-order valence-corrected chi connectivity index (χ1v) is 12.7. The molecular weight excluding hydrogens is 539 g/mol. The van der Waals surface area contributed by atoms with Crippen LogP contribution in [0.4, 0.5) is 13.2 Å². The summed E-state index contributed by atoms with van der Waals surface area (Å²) >= 11 is 6.28. The smallest absolute Gasteiger partial charge is 0.480 e. The number of halogens is 4. The molecule has 14 heteroatoms. The summed E-state index contributed by atoms with van der Waals surface area (Å²) in [5.41, 5.74) is 1.34. The molecule has 0 radical (unpaired) electrons. The molecule has 0 unspecified atom stereocenters. The molecule has 1 aromatic heterocycles. The maximum absolute atomic E-state index is 13.4. The van der Waals surface area contributed by atoms with Crippen LogP contribution in [-0.4, -0.2) is 47.0 Å². The zero-order chi connectivity index (χ0) is 27.0. The lowest BCUT2D eigenvalue weighted by molar-refractivity contribution is -0.274. The number of sulfonamides is 1. The van der Waals surface area contributed by atoms with E-state index < -0.39 is 34.1 Å². The molecule has 9 nitrogen and oxygen atoms in total. The van der Waals surface area contributed by atoms with Crippen LogP contribution in [0.15, 0.2) is 53.6 Å². The van der Waals surface area contributed by atoms with E-state index in [1.54, 1.807) is 0 Å². The number of aliphatic carboxylic acids is 1. The fourth-order valence-corrected chi connectivity index (χ4v) is 5.81. The lowest BCUT2D eigenvalue weighted by Crippen LogP contribution is -2.33. The third-order valence-electron chi connectivity index (χ3n) is 5.82. The Hall–Kier alpha value is -3.29. The summed E-state index contributed by atoms with van der Waals surface area (Å²) in [5, 5.41) is 13.2. The van der Waals surface area contributed by atoms with Crippen LogP contribution in [0, 0.1) is 0 Å².